The van der Waals surface area contributed by atoms with Gasteiger partial charge in [0.25, 0.3) is 6.43 Å². The molecule has 0 bridgehead atoms. The number of benzene rings is 1. The number of carboxylic acids is 1. The van der Waals surface area contributed by atoms with Crippen molar-refractivity contribution in [2.75, 3.05) is 0 Å². The average molecular weight is 228 g/mol. The predicted octanol–water partition coefficient (Wildman–Crippen LogP) is 3.28. The quantitative estimate of drug-likeness (QED) is 0.858. The summed E-state index contributed by atoms with van der Waals surface area (Å²) in [6, 6.07) is 6.04. The second-order valence-corrected chi connectivity index (χ2v) is 4.37. The summed E-state index contributed by atoms with van der Waals surface area (Å²) in [4.78, 5) is 10.9. The van der Waals surface area contributed by atoms with Crippen molar-refractivity contribution in [2.45, 2.75) is 26.7 Å². The Morgan fingerprint density at radius 1 is 1.38 bits per heavy atom. The van der Waals surface area contributed by atoms with Gasteiger partial charge < -0.3 is 5.11 Å². The monoisotopic (exact) mass is 228 g/mol. The average Bonchev–Trinajstić information content (AvgIpc) is 2.17. The predicted molar refractivity (Wildman–Crippen MR) is 56.5 cm³/mol. The Labute approximate surface area is 92.9 Å². The van der Waals surface area contributed by atoms with Crippen LogP contribution < -0.4 is 0 Å². The van der Waals surface area contributed by atoms with Gasteiger partial charge in [0.15, 0.2) is 0 Å². The van der Waals surface area contributed by atoms with Crippen molar-refractivity contribution in [3.63, 3.8) is 0 Å². The molecule has 0 atom stereocenters. The molecule has 0 saturated heterocycles. The molecule has 0 aliphatic heterocycles. The fraction of sp³-hybridized carbons (Fsp3) is 0.417. The lowest BCUT2D eigenvalue weighted by Crippen LogP contribution is -2.26. The summed E-state index contributed by atoms with van der Waals surface area (Å²) in [7, 11) is 0. The Hall–Kier alpha value is -1.45. The number of rotatable bonds is 4. The lowest BCUT2D eigenvalue weighted by atomic mass is 9.84. The van der Waals surface area contributed by atoms with Gasteiger partial charge in [-0.1, -0.05) is 24.3 Å². The smallest absolute Gasteiger partial charge is 0.309 e. The first-order chi connectivity index (χ1) is 7.34. The van der Waals surface area contributed by atoms with Crippen LogP contribution >= 0.6 is 0 Å². The van der Waals surface area contributed by atoms with Crippen molar-refractivity contribution < 1.29 is 18.7 Å². The third-order valence-electron chi connectivity index (χ3n) is 2.50. The van der Waals surface area contributed by atoms with E-state index in [2.05, 4.69) is 0 Å². The molecule has 1 aromatic carbocycles. The van der Waals surface area contributed by atoms with Gasteiger partial charge in [0.2, 0.25) is 0 Å². The first-order valence-corrected chi connectivity index (χ1v) is 4.94. The van der Waals surface area contributed by atoms with E-state index >= 15 is 0 Å². The molecule has 0 heterocycles. The molecule has 0 unspecified atom stereocenters. The van der Waals surface area contributed by atoms with Crippen LogP contribution in [0.5, 0.6) is 0 Å². The molecule has 1 aromatic rings. The van der Waals surface area contributed by atoms with Gasteiger partial charge in [0, 0.05) is 5.56 Å². The van der Waals surface area contributed by atoms with E-state index in [-0.39, 0.29) is 12.0 Å². The number of aliphatic carboxylic acids is 1. The molecule has 2 nitrogen and oxygen atoms in total. The summed E-state index contributed by atoms with van der Waals surface area (Å²) in [6.45, 7) is 3.05. The number of carbonyl (C=O) groups is 1. The van der Waals surface area contributed by atoms with E-state index in [9.17, 15) is 13.6 Å². The zero-order valence-electron chi connectivity index (χ0n) is 9.21. The number of hydrogen-bond acceptors (Lipinski definition) is 1. The highest BCUT2D eigenvalue weighted by molar-refractivity contribution is 5.74. The maximum Gasteiger partial charge on any atom is 0.309 e. The van der Waals surface area contributed by atoms with Gasteiger partial charge in [-0.05, 0) is 25.8 Å². The Morgan fingerprint density at radius 3 is 2.44 bits per heavy atom. The molecular formula is C12H14F2O2. The molecular weight excluding hydrogens is 214 g/mol. The molecule has 0 radical (unpaired) electrons. The van der Waals surface area contributed by atoms with Gasteiger partial charge in [-0.25, -0.2) is 8.78 Å². The van der Waals surface area contributed by atoms with Crippen LogP contribution in [0.25, 0.3) is 0 Å². The van der Waals surface area contributed by atoms with Crippen molar-refractivity contribution in [1.29, 1.82) is 0 Å². The first-order valence-electron chi connectivity index (χ1n) is 4.94. The van der Waals surface area contributed by atoms with Gasteiger partial charge >= 0.3 is 5.97 Å². The molecule has 0 aliphatic rings. The van der Waals surface area contributed by atoms with Crippen molar-refractivity contribution >= 4 is 5.97 Å². The van der Waals surface area contributed by atoms with Crippen LogP contribution in [0.3, 0.4) is 0 Å². The SMILES string of the molecule is CC(C)(Cc1ccccc1C(F)F)C(=O)O. The normalized spacial score (nSPS) is 11.8. The number of halogens is 2. The molecule has 0 aromatic heterocycles. The third kappa shape index (κ3) is 2.78. The van der Waals surface area contributed by atoms with Gasteiger partial charge in [0.05, 0.1) is 5.41 Å². The van der Waals surface area contributed by atoms with Gasteiger partial charge in [0.1, 0.15) is 0 Å². The van der Waals surface area contributed by atoms with Crippen molar-refractivity contribution in [2.24, 2.45) is 5.41 Å². The highest BCUT2D eigenvalue weighted by atomic mass is 19.3. The molecule has 88 valence electrons. The Balaban J connectivity index is 3.01. The highest BCUT2D eigenvalue weighted by Crippen LogP contribution is 2.29. The van der Waals surface area contributed by atoms with E-state index in [1.54, 1.807) is 12.1 Å². The van der Waals surface area contributed by atoms with Crippen LogP contribution in [0.4, 0.5) is 8.78 Å². The van der Waals surface area contributed by atoms with E-state index in [4.69, 9.17) is 5.11 Å². The van der Waals surface area contributed by atoms with E-state index in [0.717, 1.165) is 0 Å². The van der Waals surface area contributed by atoms with Crippen LogP contribution in [0.2, 0.25) is 0 Å². The molecule has 4 heteroatoms. The zero-order chi connectivity index (χ0) is 12.3. The number of hydrogen-bond donors (Lipinski definition) is 1. The fourth-order valence-corrected chi connectivity index (χ4v) is 1.46. The second-order valence-electron chi connectivity index (χ2n) is 4.37. The fourth-order valence-electron chi connectivity index (χ4n) is 1.46. The standard InChI is InChI=1S/C12H14F2O2/c1-12(2,11(15)16)7-8-5-3-4-6-9(8)10(13)14/h3-6,10H,7H2,1-2H3,(H,15,16). The lowest BCUT2D eigenvalue weighted by Gasteiger charge is -2.20. The van der Waals surface area contributed by atoms with Gasteiger partial charge in [-0.15, -0.1) is 0 Å². The third-order valence-corrected chi connectivity index (χ3v) is 2.50. The first kappa shape index (κ1) is 12.6. The minimum Gasteiger partial charge on any atom is -0.481 e. The largest absolute Gasteiger partial charge is 0.481 e. The molecule has 1 N–H and O–H groups in total. The van der Waals surface area contributed by atoms with E-state index in [0.29, 0.717) is 5.56 Å². The molecule has 1 rings (SSSR count). The zero-order valence-corrected chi connectivity index (χ0v) is 9.21. The topological polar surface area (TPSA) is 37.3 Å². The maximum absolute atomic E-state index is 12.7. The molecule has 16 heavy (non-hydrogen) atoms. The minimum atomic E-state index is -2.57. The summed E-state index contributed by atoms with van der Waals surface area (Å²) in [6.07, 6.45) is -2.47. The van der Waals surface area contributed by atoms with Crippen LogP contribution in [0.15, 0.2) is 24.3 Å². The van der Waals surface area contributed by atoms with Gasteiger partial charge in [-0.2, -0.15) is 0 Å². The summed E-state index contributed by atoms with van der Waals surface area (Å²) < 4.78 is 25.3. The minimum absolute atomic E-state index is 0.0863. The number of carboxylic acid groups (broad SMARTS) is 1. The summed E-state index contributed by atoms with van der Waals surface area (Å²) in [5.41, 5.74) is -0.730. The van der Waals surface area contributed by atoms with Crippen molar-refractivity contribution in [3.05, 3.63) is 35.4 Å². The molecule has 0 saturated carbocycles. The van der Waals surface area contributed by atoms with Gasteiger partial charge in [-0.3, -0.25) is 4.79 Å². The van der Waals surface area contributed by atoms with E-state index in [1.165, 1.54) is 26.0 Å². The lowest BCUT2D eigenvalue weighted by molar-refractivity contribution is -0.146. The molecule has 0 fully saturated rings. The summed E-state index contributed by atoms with van der Waals surface area (Å²) in [5, 5.41) is 8.94. The Bertz CT molecular complexity index is 386. The molecule has 0 aliphatic carbocycles. The Morgan fingerprint density at radius 2 is 1.94 bits per heavy atom. The highest BCUT2D eigenvalue weighted by Gasteiger charge is 2.29. The summed E-state index contributed by atoms with van der Waals surface area (Å²) in [5.74, 6) is -0.989. The van der Waals surface area contributed by atoms with Crippen LogP contribution in [-0.2, 0) is 11.2 Å². The molecule has 0 spiro atoms. The molecule has 0 amide bonds. The van der Waals surface area contributed by atoms with E-state index < -0.39 is 17.8 Å². The summed E-state index contributed by atoms with van der Waals surface area (Å²) >= 11 is 0. The maximum atomic E-state index is 12.7. The van der Waals surface area contributed by atoms with Crippen LogP contribution in [-0.4, -0.2) is 11.1 Å². The number of alkyl halides is 2. The van der Waals surface area contributed by atoms with Crippen LogP contribution in [0, 0.1) is 5.41 Å². The van der Waals surface area contributed by atoms with Crippen molar-refractivity contribution in [3.8, 4) is 0 Å². The second kappa shape index (κ2) is 4.60. The Kier molecular flexibility index (Phi) is 3.62. The van der Waals surface area contributed by atoms with Crippen molar-refractivity contribution in [1.82, 2.24) is 0 Å². The van der Waals surface area contributed by atoms with Crippen LogP contribution in [0.1, 0.15) is 31.4 Å². The van der Waals surface area contributed by atoms with E-state index in [1.807, 2.05) is 0 Å².